The van der Waals surface area contributed by atoms with Gasteiger partial charge in [0, 0.05) is 11.5 Å². The largest absolute Gasteiger partial charge is 0.389 e. The Kier molecular flexibility index (Phi) is 5.04. The molecule has 0 heterocycles. The summed E-state index contributed by atoms with van der Waals surface area (Å²) in [6.07, 6.45) is 5.97. The first-order valence-corrected chi connectivity index (χ1v) is 8.26. The van der Waals surface area contributed by atoms with Gasteiger partial charge in [-0.1, -0.05) is 79.2 Å². The van der Waals surface area contributed by atoms with Crippen molar-refractivity contribution in [3.05, 3.63) is 77.9 Å². The Bertz CT molecular complexity index is 661. The van der Waals surface area contributed by atoms with Crippen LogP contribution in [-0.2, 0) is 0 Å². The van der Waals surface area contributed by atoms with E-state index in [0.717, 1.165) is 30.4 Å². The first-order chi connectivity index (χ1) is 11.3. The number of ketones is 1. The van der Waals surface area contributed by atoms with Crippen LogP contribution in [0.15, 0.2) is 66.7 Å². The molecule has 2 heteroatoms. The lowest BCUT2D eigenvalue weighted by molar-refractivity contribution is 0.0778. The molecule has 0 spiro atoms. The van der Waals surface area contributed by atoms with Gasteiger partial charge in [0.2, 0.25) is 0 Å². The summed E-state index contributed by atoms with van der Waals surface area (Å²) in [5.41, 5.74) is 1.82. The van der Waals surface area contributed by atoms with Gasteiger partial charge in [0.15, 0.2) is 5.78 Å². The molecule has 0 bridgehead atoms. The Morgan fingerprint density at radius 1 is 1.00 bits per heavy atom. The Labute approximate surface area is 137 Å². The zero-order chi connectivity index (χ0) is 16.1. The summed E-state index contributed by atoms with van der Waals surface area (Å²) in [6, 6.07) is 19.4. The van der Waals surface area contributed by atoms with Crippen LogP contribution in [0.4, 0.5) is 0 Å². The molecule has 1 saturated carbocycles. The summed E-state index contributed by atoms with van der Waals surface area (Å²) in [5.74, 6) is 0.107. The summed E-state index contributed by atoms with van der Waals surface area (Å²) < 4.78 is 0. The van der Waals surface area contributed by atoms with Crippen molar-refractivity contribution in [1.82, 2.24) is 0 Å². The fraction of sp³-hybridized carbons (Fsp3) is 0.286. The van der Waals surface area contributed by atoms with Crippen molar-refractivity contribution in [1.29, 1.82) is 0 Å². The molecule has 0 aliphatic heterocycles. The molecule has 3 atom stereocenters. The average molecular weight is 306 g/mol. The third kappa shape index (κ3) is 3.77. The van der Waals surface area contributed by atoms with Crippen molar-refractivity contribution in [2.45, 2.75) is 25.4 Å². The Morgan fingerprint density at radius 2 is 1.65 bits per heavy atom. The van der Waals surface area contributed by atoms with Crippen molar-refractivity contribution in [2.24, 2.45) is 11.8 Å². The van der Waals surface area contributed by atoms with Gasteiger partial charge < -0.3 is 5.11 Å². The molecular weight excluding hydrogens is 284 g/mol. The average Bonchev–Trinajstić information content (AvgIpc) is 3.10. The maximum atomic E-state index is 12.7. The summed E-state index contributed by atoms with van der Waals surface area (Å²) in [5, 5.41) is 10.5. The number of carbonyl (C=O) groups is 1. The van der Waals surface area contributed by atoms with Crippen LogP contribution in [0.1, 0.15) is 35.2 Å². The molecule has 3 rings (SSSR count). The smallest absolute Gasteiger partial charge is 0.166 e. The summed E-state index contributed by atoms with van der Waals surface area (Å²) in [4.78, 5) is 12.7. The molecule has 118 valence electrons. The molecule has 0 amide bonds. The standard InChI is InChI=1S/C21H22O2/c22-20(15-14-16-8-3-1-4-9-16)18-12-7-13-19(18)21(23)17-10-5-2-6-11-17/h1-6,8-11,14-15,18-20,22H,7,12-13H2/b15-14+/t18-,19-,20+/m0/s1. The number of hydrogen-bond acceptors (Lipinski definition) is 2. The van der Waals surface area contributed by atoms with Gasteiger partial charge >= 0.3 is 0 Å². The van der Waals surface area contributed by atoms with E-state index in [-0.39, 0.29) is 17.6 Å². The highest BCUT2D eigenvalue weighted by Crippen LogP contribution is 2.37. The number of rotatable bonds is 5. The van der Waals surface area contributed by atoms with Crippen LogP contribution < -0.4 is 0 Å². The summed E-state index contributed by atoms with van der Waals surface area (Å²) in [6.45, 7) is 0. The fourth-order valence-corrected chi connectivity index (χ4v) is 3.46. The van der Waals surface area contributed by atoms with E-state index in [9.17, 15) is 9.90 Å². The van der Waals surface area contributed by atoms with E-state index in [2.05, 4.69) is 0 Å². The van der Waals surface area contributed by atoms with E-state index in [0.29, 0.717) is 0 Å². The summed E-state index contributed by atoms with van der Waals surface area (Å²) in [7, 11) is 0. The van der Waals surface area contributed by atoms with E-state index in [1.54, 1.807) is 0 Å². The quantitative estimate of drug-likeness (QED) is 0.833. The van der Waals surface area contributed by atoms with Crippen molar-refractivity contribution in [3.63, 3.8) is 0 Å². The molecule has 0 aromatic heterocycles. The first kappa shape index (κ1) is 15.7. The van der Waals surface area contributed by atoms with Gasteiger partial charge in [-0.25, -0.2) is 0 Å². The minimum Gasteiger partial charge on any atom is -0.389 e. The fourth-order valence-electron chi connectivity index (χ4n) is 3.46. The van der Waals surface area contributed by atoms with E-state index in [1.165, 1.54) is 0 Å². The highest BCUT2D eigenvalue weighted by atomic mass is 16.3. The molecular formula is C21H22O2. The molecule has 2 aromatic rings. The normalized spacial score (nSPS) is 22.3. The maximum absolute atomic E-state index is 12.7. The van der Waals surface area contributed by atoms with Gasteiger partial charge in [-0.3, -0.25) is 4.79 Å². The maximum Gasteiger partial charge on any atom is 0.166 e. The van der Waals surface area contributed by atoms with Crippen LogP contribution in [0.25, 0.3) is 6.08 Å². The Morgan fingerprint density at radius 3 is 2.35 bits per heavy atom. The Hall–Kier alpha value is -2.19. The second kappa shape index (κ2) is 7.38. The van der Waals surface area contributed by atoms with Gasteiger partial charge in [0.25, 0.3) is 0 Å². The predicted octanol–water partition coefficient (Wildman–Crippen LogP) is 4.36. The number of aliphatic hydroxyl groups excluding tert-OH is 1. The van der Waals surface area contributed by atoms with Crippen LogP contribution in [0, 0.1) is 11.8 Å². The third-order valence-corrected chi connectivity index (χ3v) is 4.69. The van der Waals surface area contributed by atoms with Crippen LogP contribution >= 0.6 is 0 Å². The van der Waals surface area contributed by atoms with Gasteiger partial charge in [0.05, 0.1) is 6.10 Å². The second-order valence-corrected chi connectivity index (χ2v) is 6.19. The lowest BCUT2D eigenvalue weighted by atomic mass is 9.84. The SMILES string of the molecule is O=C(c1ccccc1)[C@H]1CCC[C@@H]1[C@H](O)/C=C/c1ccccc1. The molecule has 0 unspecified atom stereocenters. The lowest BCUT2D eigenvalue weighted by Crippen LogP contribution is -2.27. The van der Waals surface area contributed by atoms with Crippen LogP contribution in [0.3, 0.4) is 0 Å². The van der Waals surface area contributed by atoms with Crippen LogP contribution in [0.2, 0.25) is 0 Å². The van der Waals surface area contributed by atoms with Gasteiger partial charge in [-0.15, -0.1) is 0 Å². The zero-order valence-corrected chi connectivity index (χ0v) is 13.1. The third-order valence-electron chi connectivity index (χ3n) is 4.69. The molecule has 2 aromatic carbocycles. The number of aliphatic hydroxyl groups is 1. The van der Waals surface area contributed by atoms with Gasteiger partial charge in [0.1, 0.15) is 0 Å². The number of benzene rings is 2. The number of carbonyl (C=O) groups excluding carboxylic acids is 1. The monoisotopic (exact) mass is 306 g/mol. The topological polar surface area (TPSA) is 37.3 Å². The van der Waals surface area contributed by atoms with Crippen molar-refractivity contribution in [3.8, 4) is 0 Å². The molecule has 23 heavy (non-hydrogen) atoms. The molecule has 1 aliphatic carbocycles. The zero-order valence-electron chi connectivity index (χ0n) is 13.1. The van der Waals surface area contributed by atoms with E-state index in [1.807, 2.05) is 72.8 Å². The highest BCUT2D eigenvalue weighted by Gasteiger charge is 2.36. The minimum absolute atomic E-state index is 0.0164. The van der Waals surface area contributed by atoms with Gasteiger partial charge in [-0.2, -0.15) is 0 Å². The molecule has 0 saturated heterocycles. The van der Waals surface area contributed by atoms with Crippen molar-refractivity contribution in [2.75, 3.05) is 0 Å². The molecule has 1 aliphatic rings. The molecule has 0 radical (unpaired) electrons. The molecule has 1 N–H and O–H groups in total. The van der Waals surface area contributed by atoms with Crippen LogP contribution in [-0.4, -0.2) is 17.0 Å². The van der Waals surface area contributed by atoms with Crippen molar-refractivity contribution < 1.29 is 9.90 Å². The van der Waals surface area contributed by atoms with Crippen LogP contribution in [0.5, 0.6) is 0 Å². The number of hydrogen-bond donors (Lipinski definition) is 1. The minimum atomic E-state index is -0.574. The molecule has 1 fully saturated rings. The van der Waals surface area contributed by atoms with Gasteiger partial charge in [-0.05, 0) is 24.3 Å². The van der Waals surface area contributed by atoms with E-state index in [4.69, 9.17) is 0 Å². The van der Waals surface area contributed by atoms with E-state index < -0.39 is 6.10 Å². The molecule has 2 nitrogen and oxygen atoms in total. The first-order valence-electron chi connectivity index (χ1n) is 8.26. The lowest BCUT2D eigenvalue weighted by Gasteiger charge is -2.22. The highest BCUT2D eigenvalue weighted by molar-refractivity contribution is 5.98. The van der Waals surface area contributed by atoms with Crippen molar-refractivity contribution >= 4 is 11.9 Å². The number of Topliss-reactive ketones (excluding diaryl/α,β-unsaturated/α-hetero) is 1. The predicted molar refractivity (Wildman–Crippen MR) is 93.1 cm³/mol. The second-order valence-electron chi connectivity index (χ2n) is 6.19. The summed E-state index contributed by atoms with van der Waals surface area (Å²) >= 11 is 0. The Balaban J connectivity index is 1.71. The van der Waals surface area contributed by atoms with E-state index >= 15 is 0 Å².